The Morgan fingerprint density at radius 2 is 1.13 bits per heavy atom. The van der Waals surface area contributed by atoms with Gasteiger partial charge in [-0.15, -0.1) is 0 Å². The van der Waals surface area contributed by atoms with Gasteiger partial charge in [-0.3, -0.25) is 9.59 Å². The summed E-state index contributed by atoms with van der Waals surface area (Å²) in [4.78, 5) is 25.2. The Hall–Kier alpha value is -0.360. The summed E-state index contributed by atoms with van der Waals surface area (Å²) >= 11 is 0. The van der Waals surface area contributed by atoms with E-state index < -0.39 is 0 Å². The van der Waals surface area contributed by atoms with E-state index in [1.54, 1.807) is 0 Å². The molecule has 0 atom stereocenters. The van der Waals surface area contributed by atoms with E-state index in [2.05, 4.69) is 42.3 Å². The molecule has 0 saturated carbocycles. The number of hydrogen-bond acceptors (Lipinski definition) is 2. The van der Waals surface area contributed by atoms with E-state index in [9.17, 15) is 9.59 Å². The monoisotopic (exact) mass is 371 g/mol. The number of halogens is 2. The molecule has 5 nitrogen and oxygen atoms in total. The molecule has 0 N–H and O–H groups in total. The second-order valence-corrected chi connectivity index (χ2v) is 7.99. The minimum Gasteiger partial charge on any atom is -1.00 e. The molecule has 0 aliphatic rings. The van der Waals surface area contributed by atoms with E-state index in [-0.39, 0.29) is 42.9 Å². The van der Waals surface area contributed by atoms with Crippen LogP contribution in [0.2, 0.25) is 0 Å². The van der Waals surface area contributed by atoms with E-state index in [1.165, 1.54) is 6.92 Å². The predicted molar refractivity (Wildman–Crippen MR) is 86.9 cm³/mol. The molecule has 0 radical (unpaired) electrons. The number of quaternary nitrogens is 2. The van der Waals surface area contributed by atoms with Crippen LogP contribution in [0.25, 0.3) is 0 Å². The number of carbonyl (C=O) groups is 2. The first-order valence-corrected chi connectivity index (χ1v) is 7.79. The van der Waals surface area contributed by atoms with Crippen LogP contribution in [0.1, 0.15) is 26.2 Å². The first-order chi connectivity index (χ1) is 9.41. The molecule has 140 valence electrons. The molecule has 0 rings (SSSR count). The molecule has 0 aromatic rings. The first-order valence-electron chi connectivity index (χ1n) is 7.79. The number of amides is 1. The van der Waals surface area contributed by atoms with E-state index in [4.69, 9.17) is 0 Å². The SMILES string of the molecule is CC(=O)CC(=O)N(CCC[N+](C)(C)C)CCC[N+](C)(C)C.[Cl-].[Cl-]. The molecule has 0 aromatic heterocycles. The van der Waals surface area contributed by atoms with E-state index in [1.807, 2.05) is 4.90 Å². The average Bonchev–Trinajstić information content (AvgIpc) is 2.22. The number of ketones is 1. The van der Waals surface area contributed by atoms with Crippen LogP contribution in [0.5, 0.6) is 0 Å². The average molecular weight is 372 g/mol. The van der Waals surface area contributed by atoms with Crippen molar-refractivity contribution in [3.8, 4) is 0 Å². The van der Waals surface area contributed by atoms with Crippen LogP contribution < -0.4 is 24.8 Å². The third kappa shape index (κ3) is 17.8. The summed E-state index contributed by atoms with van der Waals surface area (Å²) in [6.07, 6.45) is 1.98. The fourth-order valence-corrected chi connectivity index (χ4v) is 2.16. The molecule has 0 aliphatic carbocycles. The van der Waals surface area contributed by atoms with Gasteiger partial charge in [0, 0.05) is 25.9 Å². The second kappa shape index (κ2) is 12.1. The maximum absolute atomic E-state index is 12.2. The van der Waals surface area contributed by atoms with E-state index >= 15 is 0 Å². The molecule has 0 saturated heterocycles. The van der Waals surface area contributed by atoms with Crippen LogP contribution >= 0.6 is 0 Å². The Balaban J connectivity index is -0.00000200. The Labute approximate surface area is 155 Å². The molecule has 0 spiro atoms. The smallest absolute Gasteiger partial charge is 0.230 e. The van der Waals surface area contributed by atoms with Gasteiger partial charge in [-0.1, -0.05) is 0 Å². The molecule has 0 fully saturated rings. The lowest BCUT2D eigenvalue weighted by Crippen LogP contribution is -3.00. The molecular weight excluding hydrogens is 337 g/mol. The van der Waals surface area contributed by atoms with Gasteiger partial charge in [0.05, 0.1) is 61.8 Å². The Kier molecular flexibility index (Phi) is 14.4. The fraction of sp³-hybridized carbons (Fsp3) is 0.875. The quantitative estimate of drug-likeness (QED) is 0.285. The van der Waals surface area contributed by atoms with Crippen molar-refractivity contribution in [1.29, 1.82) is 0 Å². The van der Waals surface area contributed by atoms with Gasteiger partial charge in [-0.25, -0.2) is 0 Å². The summed E-state index contributed by atoms with van der Waals surface area (Å²) in [7, 11) is 12.9. The number of nitrogens with zero attached hydrogens (tertiary/aromatic N) is 3. The third-order valence-corrected chi connectivity index (χ3v) is 3.27. The lowest BCUT2D eigenvalue weighted by atomic mass is 10.2. The lowest BCUT2D eigenvalue weighted by Gasteiger charge is -2.29. The highest BCUT2D eigenvalue weighted by Gasteiger charge is 2.17. The Bertz CT molecular complexity index is 330. The predicted octanol–water partition coefficient (Wildman–Crippen LogP) is -5.01. The summed E-state index contributed by atoms with van der Waals surface area (Å²) in [6, 6.07) is 0. The van der Waals surface area contributed by atoms with Crippen LogP contribution in [-0.2, 0) is 9.59 Å². The lowest BCUT2D eigenvalue weighted by molar-refractivity contribution is -0.870. The zero-order valence-electron chi connectivity index (χ0n) is 15.9. The van der Waals surface area contributed by atoms with Gasteiger partial charge in [-0.2, -0.15) is 0 Å². The highest BCUT2D eigenvalue weighted by atomic mass is 35.5. The summed E-state index contributed by atoms with van der Waals surface area (Å²) < 4.78 is 1.79. The van der Waals surface area contributed by atoms with Crippen molar-refractivity contribution in [2.24, 2.45) is 0 Å². The van der Waals surface area contributed by atoms with Gasteiger partial charge in [0.2, 0.25) is 5.91 Å². The van der Waals surface area contributed by atoms with Crippen LogP contribution in [0.15, 0.2) is 0 Å². The Morgan fingerprint density at radius 3 is 1.39 bits per heavy atom. The minimum absolute atomic E-state index is 0. The van der Waals surface area contributed by atoms with Gasteiger partial charge in [0.1, 0.15) is 5.78 Å². The van der Waals surface area contributed by atoms with Crippen molar-refractivity contribution in [1.82, 2.24) is 4.90 Å². The summed E-state index contributed by atoms with van der Waals surface area (Å²) in [5.74, 6) is -0.0754. The molecule has 0 aromatic carbocycles. The number of hydrogen-bond donors (Lipinski definition) is 0. The number of carbonyl (C=O) groups excluding carboxylic acids is 2. The van der Waals surface area contributed by atoms with Gasteiger partial charge in [0.25, 0.3) is 0 Å². The molecule has 1 amide bonds. The highest BCUT2D eigenvalue weighted by Crippen LogP contribution is 2.04. The maximum Gasteiger partial charge on any atom is 0.230 e. The molecule has 0 unspecified atom stereocenters. The molecular formula is C16H35Cl2N3O2. The zero-order valence-corrected chi connectivity index (χ0v) is 17.4. The first kappa shape index (κ1) is 27.5. The highest BCUT2D eigenvalue weighted by molar-refractivity contribution is 5.96. The molecule has 0 aliphatic heterocycles. The van der Waals surface area contributed by atoms with Crippen LogP contribution in [0.3, 0.4) is 0 Å². The van der Waals surface area contributed by atoms with Crippen molar-refractivity contribution >= 4 is 11.7 Å². The topological polar surface area (TPSA) is 37.4 Å². The summed E-state index contributed by atoms with van der Waals surface area (Å²) in [5, 5.41) is 0. The van der Waals surface area contributed by atoms with E-state index in [0.29, 0.717) is 0 Å². The van der Waals surface area contributed by atoms with Crippen LogP contribution in [0, 0.1) is 0 Å². The Morgan fingerprint density at radius 1 is 0.783 bits per heavy atom. The van der Waals surface area contributed by atoms with E-state index in [0.717, 1.165) is 48.0 Å². The molecule has 7 heteroatoms. The van der Waals surface area contributed by atoms with Gasteiger partial charge in [0.15, 0.2) is 0 Å². The van der Waals surface area contributed by atoms with Gasteiger partial charge in [-0.05, 0) is 6.92 Å². The summed E-state index contributed by atoms with van der Waals surface area (Å²) in [6.45, 7) is 5.03. The zero-order chi connectivity index (χ0) is 16.7. The normalized spacial score (nSPS) is 11.3. The minimum atomic E-state index is -0.0526. The van der Waals surface area contributed by atoms with Crippen molar-refractivity contribution in [3.63, 3.8) is 0 Å². The van der Waals surface area contributed by atoms with Crippen molar-refractivity contribution < 1.29 is 43.4 Å². The second-order valence-electron chi connectivity index (χ2n) is 7.99. The van der Waals surface area contributed by atoms with Gasteiger partial charge >= 0.3 is 0 Å². The molecule has 0 heterocycles. The fourth-order valence-electron chi connectivity index (χ4n) is 2.16. The number of Topliss-reactive ketones (excluding diaryl/α,β-unsaturated/α-hetero) is 1. The maximum atomic E-state index is 12.2. The van der Waals surface area contributed by atoms with Gasteiger partial charge < -0.3 is 38.7 Å². The van der Waals surface area contributed by atoms with Crippen molar-refractivity contribution in [2.45, 2.75) is 26.2 Å². The van der Waals surface area contributed by atoms with Crippen LogP contribution in [0.4, 0.5) is 0 Å². The van der Waals surface area contributed by atoms with Crippen LogP contribution in [-0.4, -0.2) is 94.0 Å². The number of rotatable bonds is 10. The molecule has 23 heavy (non-hydrogen) atoms. The third-order valence-electron chi connectivity index (χ3n) is 3.27. The molecule has 0 bridgehead atoms. The largest absolute Gasteiger partial charge is 1.00 e. The van der Waals surface area contributed by atoms with Crippen molar-refractivity contribution in [3.05, 3.63) is 0 Å². The standard InChI is InChI=1S/C16H35N3O2.2ClH/c1-15(20)14-16(21)17(10-8-12-18(2,3)4)11-9-13-19(5,6)7;;/h8-14H2,1-7H3;2*1H/q+2;;/p-2. The summed E-state index contributed by atoms with van der Waals surface area (Å²) in [5.41, 5.74) is 0. The van der Waals surface area contributed by atoms with Crippen molar-refractivity contribution in [2.75, 3.05) is 68.5 Å².